The molecular weight excluding hydrogens is 164 g/mol. The van der Waals surface area contributed by atoms with Gasteiger partial charge in [-0.2, -0.15) is 0 Å². The second-order valence-corrected chi connectivity index (χ2v) is 4.20. The van der Waals surface area contributed by atoms with E-state index >= 15 is 0 Å². The smallest absolute Gasteiger partial charge is 0.0345 e. The van der Waals surface area contributed by atoms with Crippen LogP contribution in [0.5, 0.6) is 0 Å². The van der Waals surface area contributed by atoms with E-state index in [0.717, 1.165) is 0 Å². The first-order valence-corrected chi connectivity index (χ1v) is 4.90. The third-order valence-electron chi connectivity index (χ3n) is 1.93. The van der Waals surface area contributed by atoms with E-state index in [1.54, 1.807) is 0 Å². The monoisotopic (exact) mass is 175 g/mol. The quantitative estimate of drug-likeness (QED) is 0.617. The first-order valence-electron chi connectivity index (χ1n) is 4.09. The van der Waals surface area contributed by atoms with Gasteiger partial charge in [-0.3, -0.25) is 0 Å². The van der Waals surface area contributed by atoms with Crippen LogP contribution in [-0.2, 0) is 0 Å². The van der Waals surface area contributed by atoms with E-state index in [9.17, 15) is 0 Å². The van der Waals surface area contributed by atoms with Crippen molar-refractivity contribution >= 4 is 21.4 Å². The molecular formula is C11H11S. The molecule has 12 heavy (non-hydrogen) atoms. The summed E-state index contributed by atoms with van der Waals surface area (Å²) in [7, 11) is 0. The summed E-state index contributed by atoms with van der Waals surface area (Å²) in [6, 6.07) is 10.7. The van der Waals surface area contributed by atoms with Crippen LogP contribution >= 0.6 is 11.3 Å². The summed E-state index contributed by atoms with van der Waals surface area (Å²) >= 11 is 1.84. The summed E-state index contributed by atoms with van der Waals surface area (Å²) in [4.78, 5) is 1.37. The summed E-state index contributed by atoms with van der Waals surface area (Å²) in [5.74, 6) is 0.405. The zero-order valence-electron chi connectivity index (χ0n) is 7.08. The van der Waals surface area contributed by atoms with E-state index in [4.69, 9.17) is 0 Å². The lowest BCUT2D eigenvalue weighted by molar-refractivity contribution is 0.995. The lowest BCUT2D eigenvalue weighted by atomic mass is 10.1. The molecule has 0 aliphatic heterocycles. The fraction of sp³-hybridized carbons (Fsp3) is 0.182. The minimum atomic E-state index is 0.405. The maximum Gasteiger partial charge on any atom is 0.0345 e. The Morgan fingerprint density at radius 3 is 2.75 bits per heavy atom. The van der Waals surface area contributed by atoms with Gasteiger partial charge >= 0.3 is 0 Å². The van der Waals surface area contributed by atoms with Gasteiger partial charge in [0.25, 0.3) is 0 Å². The van der Waals surface area contributed by atoms with Gasteiger partial charge < -0.3 is 0 Å². The molecule has 0 aliphatic carbocycles. The molecule has 2 rings (SSSR count). The molecule has 0 saturated heterocycles. The Kier molecular flexibility index (Phi) is 1.89. The molecule has 0 spiro atoms. The Labute approximate surface area is 76.8 Å². The van der Waals surface area contributed by atoms with Crippen molar-refractivity contribution in [2.45, 2.75) is 12.8 Å². The Bertz CT molecular complexity index is 352. The Balaban J connectivity index is 2.62. The molecule has 2 aromatic rings. The van der Waals surface area contributed by atoms with Gasteiger partial charge in [-0.05, 0) is 30.4 Å². The second kappa shape index (κ2) is 2.91. The van der Waals surface area contributed by atoms with Crippen molar-refractivity contribution in [3.05, 3.63) is 42.1 Å². The van der Waals surface area contributed by atoms with Crippen LogP contribution in [0, 0.1) is 6.92 Å². The largest absolute Gasteiger partial charge is 0.140 e. The van der Waals surface area contributed by atoms with Crippen molar-refractivity contribution in [3.8, 4) is 0 Å². The first kappa shape index (κ1) is 7.81. The Morgan fingerprint density at radius 2 is 2.08 bits per heavy atom. The summed E-state index contributed by atoms with van der Waals surface area (Å²) in [6.45, 7) is 6.14. The minimum absolute atomic E-state index is 0.405. The molecule has 1 unspecified atom stereocenters. The lowest BCUT2D eigenvalue weighted by Gasteiger charge is -1.95. The fourth-order valence-corrected chi connectivity index (χ4v) is 2.28. The number of fused-ring (bicyclic) bond motifs is 1. The minimum Gasteiger partial charge on any atom is -0.140 e. The third kappa shape index (κ3) is 1.25. The molecule has 0 amide bonds. The predicted octanol–water partition coefficient (Wildman–Crippen LogP) is 3.84. The summed E-state index contributed by atoms with van der Waals surface area (Å²) in [5.41, 5.74) is 0. The van der Waals surface area contributed by atoms with Crippen LogP contribution < -0.4 is 0 Å². The van der Waals surface area contributed by atoms with E-state index < -0.39 is 0 Å². The number of hydrogen-bond acceptors (Lipinski definition) is 1. The highest BCUT2D eigenvalue weighted by Gasteiger charge is 2.03. The molecule has 1 heteroatoms. The van der Waals surface area contributed by atoms with Crippen LogP contribution in [-0.4, -0.2) is 0 Å². The maximum absolute atomic E-state index is 4.01. The lowest BCUT2D eigenvalue weighted by Crippen LogP contribution is -1.78. The maximum atomic E-state index is 4.01. The van der Waals surface area contributed by atoms with Gasteiger partial charge in [0.1, 0.15) is 0 Å². The van der Waals surface area contributed by atoms with E-state index in [2.05, 4.69) is 44.2 Å². The van der Waals surface area contributed by atoms with Crippen molar-refractivity contribution < 1.29 is 0 Å². The molecule has 1 aromatic heterocycles. The van der Waals surface area contributed by atoms with Gasteiger partial charge in [0.05, 0.1) is 0 Å². The average molecular weight is 175 g/mol. The highest BCUT2D eigenvalue weighted by Crippen LogP contribution is 2.29. The van der Waals surface area contributed by atoms with Gasteiger partial charge in [-0.1, -0.05) is 25.1 Å². The van der Waals surface area contributed by atoms with E-state index in [-0.39, 0.29) is 0 Å². The van der Waals surface area contributed by atoms with Crippen LogP contribution in [0.25, 0.3) is 10.1 Å². The van der Waals surface area contributed by atoms with Crippen molar-refractivity contribution in [2.24, 2.45) is 0 Å². The molecule has 61 valence electrons. The summed E-state index contributed by atoms with van der Waals surface area (Å²) < 4.78 is 1.36. The normalized spacial score (nSPS) is 11.2. The topological polar surface area (TPSA) is 0 Å². The molecule has 0 bridgehead atoms. The van der Waals surface area contributed by atoms with E-state index in [1.165, 1.54) is 15.0 Å². The van der Waals surface area contributed by atoms with Gasteiger partial charge in [-0.15, -0.1) is 11.3 Å². The molecule has 0 aliphatic rings. The molecule has 0 nitrogen and oxygen atoms in total. The number of hydrogen-bond donors (Lipinski definition) is 0. The van der Waals surface area contributed by atoms with Gasteiger partial charge in [0.15, 0.2) is 0 Å². The molecule has 1 atom stereocenters. The highest BCUT2D eigenvalue weighted by atomic mass is 32.1. The van der Waals surface area contributed by atoms with Crippen molar-refractivity contribution in [2.75, 3.05) is 0 Å². The molecule has 0 fully saturated rings. The molecule has 0 N–H and O–H groups in total. The van der Waals surface area contributed by atoms with Crippen LogP contribution in [0.3, 0.4) is 0 Å². The SMILES string of the molecule is [CH2]C(C)c1cc2ccccc2s1. The predicted molar refractivity (Wildman–Crippen MR) is 55.6 cm³/mol. The standard InChI is InChI=1S/C11H11S/c1-8(2)11-7-9-5-3-4-6-10(9)12-11/h3-8H,1H2,2H3. The molecule has 1 radical (unpaired) electrons. The molecule has 1 aromatic carbocycles. The van der Waals surface area contributed by atoms with E-state index in [1.807, 2.05) is 11.3 Å². The Morgan fingerprint density at radius 1 is 1.33 bits per heavy atom. The van der Waals surface area contributed by atoms with Crippen molar-refractivity contribution in [1.82, 2.24) is 0 Å². The van der Waals surface area contributed by atoms with Crippen LogP contribution in [0.1, 0.15) is 17.7 Å². The fourth-order valence-electron chi connectivity index (χ4n) is 1.25. The van der Waals surface area contributed by atoms with Crippen molar-refractivity contribution in [1.29, 1.82) is 0 Å². The van der Waals surface area contributed by atoms with Crippen molar-refractivity contribution in [3.63, 3.8) is 0 Å². The zero-order valence-corrected chi connectivity index (χ0v) is 7.90. The molecule has 1 heterocycles. The van der Waals surface area contributed by atoms with Gasteiger partial charge in [0.2, 0.25) is 0 Å². The van der Waals surface area contributed by atoms with Crippen LogP contribution in [0.4, 0.5) is 0 Å². The zero-order chi connectivity index (χ0) is 8.55. The average Bonchev–Trinajstić information content (AvgIpc) is 2.46. The Hall–Kier alpha value is -0.820. The third-order valence-corrected chi connectivity index (χ3v) is 3.28. The number of rotatable bonds is 1. The summed E-state index contributed by atoms with van der Waals surface area (Å²) in [5, 5.41) is 1.34. The first-order chi connectivity index (χ1) is 5.77. The van der Waals surface area contributed by atoms with E-state index in [0.29, 0.717) is 5.92 Å². The number of thiophene rings is 1. The molecule has 0 saturated carbocycles. The second-order valence-electron chi connectivity index (χ2n) is 3.09. The summed E-state index contributed by atoms with van der Waals surface area (Å²) in [6.07, 6.45) is 0. The number of benzene rings is 1. The van der Waals surface area contributed by atoms with Gasteiger partial charge in [0, 0.05) is 9.58 Å². The van der Waals surface area contributed by atoms with Gasteiger partial charge in [-0.25, -0.2) is 0 Å². The highest BCUT2D eigenvalue weighted by molar-refractivity contribution is 7.19. The van der Waals surface area contributed by atoms with Crippen LogP contribution in [0.15, 0.2) is 30.3 Å². The van der Waals surface area contributed by atoms with Crippen LogP contribution in [0.2, 0.25) is 0 Å².